The monoisotopic (exact) mass is 432 g/mol. The summed E-state index contributed by atoms with van der Waals surface area (Å²) in [7, 11) is -3.91. The molecule has 2 aliphatic rings. The fraction of sp³-hybridized carbons (Fsp3) is 0.409. The van der Waals surface area contributed by atoms with E-state index in [2.05, 4.69) is 5.32 Å². The van der Waals surface area contributed by atoms with Crippen molar-refractivity contribution in [2.75, 3.05) is 10.8 Å². The third-order valence-electron chi connectivity index (χ3n) is 6.06. The summed E-state index contributed by atoms with van der Waals surface area (Å²) in [4.78, 5) is 12.9. The lowest BCUT2D eigenvalue weighted by atomic mass is 9.95. The number of hydrogen-bond donors (Lipinski definition) is 1. The van der Waals surface area contributed by atoms with Crippen molar-refractivity contribution in [3.05, 3.63) is 59.1 Å². The van der Waals surface area contributed by atoms with Gasteiger partial charge in [0.05, 0.1) is 10.6 Å². The highest BCUT2D eigenvalue weighted by Crippen LogP contribution is 2.44. The van der Waals surface area contributed by atoms with E-state index >= 15 is 0 Å². The molecule has 3 atom stereocenters. The Labute approximate surface area is 177 Å². The van der Waals surface area contributed by atoms with Crippen molar-refractivity contribution in [3.8, 4) is 0 Å². The molecule has 1 N–H and O–H groups in total. The van der Waals surface area contributed by atoms with Gasteiger partial charge in [0.1, 0.15) is 6.54 Å². The van der Waals surface area contributed by atoms with E-state index in [0.29, 0.717) is 22.5 Å². The molecule has 0 aromatic heterocycles. The molecule has 0 heterocycles. The number of benzene rings is 2. The lowest BCUT2D eigenvalue weighted by Crippen LogP contribution is -2.46. The first kappa shape index (κ1) is 20.2. The van der Waals surface area contributed by atoms with Gasteiger partial charge in [0, 0.05) is 11.1 Å². The van der Waals surface area contributed by atoms with Gasteiger partial charge in [-0.3, -0.25) is 9.10 Å². The molecule has 0 unspecified atom stereocenters. The molecule has 0 saturated heterocycles. The molecule has 0 aliphatic heterocycles. The molecule has 2 fully saturated rings. The van der Waals surface area contributed by atoms with Crippen LogP contribution in [0.1, 0.15) is 31.2 Å². The van der Waals surface area contributed by atoms with E-state index in [4.69, 9.17) is 11.6 Å². The fourth-order valence-electron chi connectivity index (χ4n) is 4.64. The van der Waals surface area contributed by atoms with E-state index in [9.17, 15) is 13.2 Å². The van der Waals surface area contributed by atoms with E-state index < -0.39 is 10.0 Å². The minimum atomic E-state index is -3.91. The van der Waals surface area contributed by atoms with Crippen molar-refractivity contribution < 1.29 is 13.2 Å². The van der Waals surface area contributed by atoms with E-state index in [-0.39, 0.29) is 23.4 Å². The van der Waals surface area contributed by atoms with E-state index in [0.717, 1.165) is 18.4 Å². The lowest BCUT2D eigenvalue weighted by Gasteiger charge is -2.27. The molecule has 2 bridgehead atoms. The molecule has 2 saturated carbocycles. The highest BCUT2D eigenvalue weighted by atomic mass is 35.5. The molecule has 2 aromatic rings. The molecule has 2 aliphatic carbocycles. The highest BCUT2D eigenvalue weighted by Gasteiger charge is 2.40. The number of sulfonamides is 1. The zero-order chi connectivity index (χ0) is 20.6. The van der Waals surface area contributed by atoms with E-state index in [1.807, 2.05) is 13.0 Å². The molecule has 7 heteroatoms. The number of amides is 1. The highest BCUT2D eigenvalue weighted by molar-refractivity contribution is 7.92. The summed E-state index contributed by atoms with van der Waals surface area (Å²) in [5.74, 6) is 0.974. The first-order chi connectivity index (χ1) is 13.8. The van der Waals surface area contributed by atoms with Crippen LogP contribution in [0.4, 0.5) is 5.69 Å². The maximum atomic E-state index is 13.4. The summed E-state index contributed by atoms with van der Waals surface area (Å²) in [6.07, 6.45) is 4.58. The molecule has 154 valence electrons. The molecule has 2 aromatic carbocycles. The Hall–Kier alpha value is -2.05. The molecule has 0 spiro atoms. The number of rotatable bonds is 6. The summed E-state index contributed by atoms with van der Waals surface area (Å²) >= 11 is 5.92. The SMILES string of the molecule is Cc1cccc(N(CC(=O)N[C@@H]2C[C@H]3CC[C@@H]2C3)S(=O)(=O)c2ccc(Cl)cc2)c1. The Balaban J connectivity index is 1.60. The van der Waals surface area contributed by atoms with Crippen LogP contribution in [-0.2, 0) is 14.8 Å². The first-order valence-electron chi connectivity index (χ1n) is 9.97. The number of aryl methyl sites for hydroxylation is 1. The fourth-order valence-corrected chi connectivity index (χ4v) is 6.18. The molecule has 29 heavy (non-hydrogen) atoms. The standard InChI is InChI=1S/C22H25ClN2O3S/c1-15-3-2-4-19(11-15)25(29(27,28)20-9-7-18(23)8-10-20)14-22(26)24-21-13-16-5-6-17(21)12-16/h2-4,7-11,16-17,21H,5-6,12-14H2,1H3,(H,24,26)/t16-,17+,21+/m0/s1. The quantitative estimate of drug-likeness (QED) is 0.745. The van der Waals surface area contributed by atoms with Crippen LogP contribution in [0.2, 0.25) is 5.02 Å². The van der Waals surface area contributed by atoms with Gasteiger partial charge >= 0.3 is 0 Å². The van der Waals surface area contributed by atoms with Gasteiger partial charge in [0.2, 0.25) is 5.91 Å². The maximum Gasteiger partial charge on any atom is 0.264 e. The van der Waals surface area contributed by atoms with Crippen LogP contribution < -0.4 is 9.62 Å². The van der Waals surface area contributed by atoms with Crippen LogP contribution >= 0.6 is 11.6 Å². The predicted molar refractivity (Wildman–Crippen MR) is 115 cm³/mol. The average Bonchev–Trinajstić information content (AvgIpc) is 3.29. The summed E-state index contributed by atoms with van der Waals surface area (Å²) in [5, 5.41) is 3.55. The summed E-state index contributed by atoms with van der Waals surface area (Å²) in [6, 6.07) is 13.4. The third-order valence-corrected chi connectivity index (χ3v) is 8.10. The van der Waals surface area contributed by atoms with Crippen molar-refractivity contribution in [2.24, 2.45) is 11.8 Å². The zero-order valence-corrected chi connectivity index (χ0v) is 17.9. The molecular formula is C22H25ClN2O3S. The van der Waals surface area contributed by atoms with Crippen molar-refractivity contribution in [2.45, 2.75) is 43.5 Å². The smallest absolute Gasteiger partial charge is 0.264 e. The normalized spacial score (nSPS) is 23.2. The van der Waals surface area contributed by atoms with Crippen LogP contribution in [0, 0.1) is 18.8 Å². The van der Waals surface area contributed by atoms with Crippen molar-refractivity contribution in [3.63, 3.8) is 0 Å². The van der Waals surface area contributed by atoms with Crippen molar-refractivity contribution in [1.29, 1.82) is 0 Å². The second-order valence-electron chi connectivity index (χ2n) is 8.15. The number of halogens is 1. The van der Waals surface area contributed by atoms with Crippen LogP contribution in [0.3, 0.4) is 0 Å². The number of nitrogens with zero attached hydrogens (tertiary/aromatic N) is 1. The average molecular weight is 433 g/mol. The number of anilines is 1. The van der Waals surface area contributed by atoms with Gasteiger partial charge in [-0.2, -0.15) is 0 Å². The predicted octanol–water partition coefficient (Wildman–Crippen LogP) is 4.15. The Morgan fingerprint density at radius 1 is 1.14 bits per heavy atom. The Bertz CT molecular complexity index is 1010. The number of hydrogen-bond acceptors (Lipinski definition) is 3. The van der Waals surface area contributed by atoms with Gasteiger partial charge in [-0.15, -0.1) is 0 Å². The number of nitrogens with one attached hydrogen (secondary N) is 1. The van der Waals surface area contributed by atoms with Gasteiger partial charge < -0.3 is 5.32 Å². The van der Waals surface area contributed by atoms with Gasteiger partial charge in [0.25, 0.3) is 10.0 Å². The minimum Gasteiger partial charge on any atom is -0.352 e. The van der Waals surface area contributed by atoms with Gasteiger partial charge in [-0.25, -0.2) is 8.42 Å². The number of carbonyl (C=O) groups excluding carboxylic acids is 1. The zero-order valence-electron chi connectivity index (χ0n) is 16.3. The van der Waals surface area contributed by atoms with Crippen molar-refractivity contribution >= 4 is 33.2 Å². The molecule has 5 nitrogen and oxygen atoms in total. The second-order valence-corrected chi connectivity index (χ2v) is 10.5. The summed E-state index contributed by atoms with van der Waals surface area (Å²) in [6.45, 7) is 1.65. The van der Waals surface area contributed by atoms with E-state index in [1.165, 1.54) is 41.4 Å². The topological polar surface area (TPSA) is 66.5 Å². The Kier molecular flexibility index (Phi) is 5.58. The van der Waals surface area contributed by atoms with Gasteiger partial charge in [-0.05, 0) is 80.0 Å². The van der Waals surface area contributed by atoms with Crippen LogP contribution in [0.25, 0.3) is 0 Å². The van der Waals surface area contributed by atoms with Crippen LogP contribution in [-0.4, -0.2) is 26.9 Å². The van der Waals surface area contributed by atoms with Crippen LogP contribution in [0.5, 0.6) is 0 Å². The second kappa shape index (κ2) is 8.00. The molecule has 4 rings (SSSR count). The van der Waals surface area contributed by atoms with Gasteiger partial charge in [-0.1, -0.05) is 30.2 Å². The third kappa shape index (κ3) is 4.28. The summed E-state index contributed by atoms with van der Waals surface area (Å²) < 4.78 is 27.9. The lowest BCUT2D eigenvalue weighted by molar-refractivity contribution is -0.120. The first-order valence-corrected chi connectivity index (χ1v) is 11.8. The minimum absolute atomic E-state index is 0.108. The Morgan fingerprint density at radius 2 is 1.90 bits per heavy atom. The summed E-state index contributed by atoms with van der Waals surface area (Å²) in [5.41, 5.74) is 1.40. The van der Waals surface area contributed by atoms with E-state index in [1.54, 1.807) is 18.2 Å². The molecular weight excluding hydrogens is 408 g/mol. The molecule has 1 amide bonds. The number of carbonyl (C=O) groups is 1. The van der Waals surface area contributed by atoms with Crippen LogP contribution in [0.15, 0.2) is 53.4 Å². The maximum absolute atomic E-state index is 13.4. The molecule has 0 radical (unpaired) electrons. The van der Waals surface area contributed by atoms with Gasteiger partial charge in [0.15, 0.2) is 0 Å². The number of fused-ring (bicyclic) bond motifs is 2. The largest absolute Gasteiger partial charge is 0.352 e. The Morgan fingerprint density at radius 3 is 2.52 bits per heavy atom. The van der Waals surface area contributed by atoms with Crippen molar-refractivity contribution in [1.82, 2.24) is 5.32 Å².